The van der Waals surface area contributed by atoms with Crippen LogP contribution < -0.4 is 10.6 Å². The van der Waals surface area contributed by atoms with Crippen molar-refractivity contribution in [3.05, 3.63) is 28.7 Å². The quantitative estimate of drug-likeness (QED) is 0.876. The predicted molar refractivity (Wildman–Crippen MR) is 81.7 cm³/mol. The van der Waals surface area contributed by atoms with Crippen molar-refractivity contribution >= 4 is 38.3 Å². The number of hydrogen-bond acceptors (Lipinski definition) is 3. The van der Waals surface area contributed by atoms with E-state index in [0.29, 0.717) is 12.6 Å². The van der Waals surface area contributed by atoms with Crippen LogP contribution in [0.15, 0.2) is 28.7 Å². The Balaban J connectivity index is 1.76. The van der Waals surface area contributed by atoms with Crippen molar-refractivity contribution < 1.29 is 9.00 Å². The first-order chi connectivity index (χ1) is 9.15. The van der Waals surface area contributed by atoms with E-state index in [1.54, 1.807) is 0 Å². The molecule has 1 heterocycles. The molecule has 1 aromatic carbocycles. The van der Waals surface area contributed by atoms with Gasteiger partial charge in [0.2, 0.25) is 5.91 Å². The van der Waals surface area contributed by atoms with Gasteiger partial charge in [-0.05, 0) is 40.9 Å². The van der Waals surface area contributed by atoms with Crippen LogP contribution in [-0.2, 0) is 15.6 Å². The highest BCUT2D eigenvalue weighted by Crippen LogP contribution is 2.20. The van der Waals surface area contributed by atoms with Crippen LogP contribution >= 0.6 is 15.9 Å². The number of carbonyl (C=O) groups excluding carboxylic acids is 1. The van der Waals surface area contributed by atoms with E-state index in [-0.39, 0.29) is 5.91 Å². The molecule has 0 radical (unpaired) electrons. The lowest BCUT2D eigenvalue weighted by atomic mass is 10.1. The Morgan fingerprint density at radius 2 is 2.00 bits per heavy atom. The number of carbonyl (C=O) groups is 1. The molecular weight excluding hydrogens is 328 g/mol. The Bertz CT molecular complexity index is 471. The van der Waals surface area contributed by atoms with Crippen molar-refractivity contribution in [1.82, 2.24) is 5.32 Å². The summed E-state index contributed by atoms with van der Waals surface area (Å²) in [7, 11) is -0.657. The molecule has 1 saturated heterocycles. The second-order valence-electron chi connectivity index (χ2n) is 4.53. The van der Waals surface area contributed by atoms with Crippen molar-refractivity contribution in [3.63, 3.8) is 0 Å². The monoisotopic (exact) mass is 344 g/mol. The summed E-state index contributed by atoms with van der Waals surface area (Å²) in [5.41, 5.74) is 0.777. The number of amides is 1. The van der Waals surface area contributed by atoms with Crippen LogP contribution in [0.25, 0.3) is 0 Å². The number of benzene rings is 1. The molecule has 1 fully saturated rings. The minimum Gasteiger partial charge on any atom is -0.324 e. The van der Waals surface area contributed by atoms with E-state index in [4.69, 9.17) is 0 Å². The lowest BCUT2D eigenvalue weighted by molar-refractivity contribution is -0.115. The maximum Gasteiger partial charge on any atom is 0.238 e. The van der Waals surface area contributed by atoms with Gasteiger partial charge >= 0.3 is 0 Å². The fourth-order valence-corrected chi connectivity index (χ4v) is 3.67. The van der Waals surface area contributed by atoms with E-state index in [9.17, 15) is 9.00 Å². The van der Waals surface area contributed by atoms with Gasteiger partial charge in [-0.2, -0.15) is 0 Å². The van der Waals surface area contributed by atoms with Crippen LogP contribution in [0.3, 0.4) is 0 Å². The van der Waals surface area contributed by atoms with Crippen LogP contribution in [0.5, 0.6) is 0 Å². The first-order valence-electron chi connectivity index (χ1n) is 6.28. The molecule has 19 heavy (non-hydrogen) atoms. The summed E-state index contributed by atoms with van der Waals surface area (Å²) in [4.78, 5) is 11.8. The average molecular weight is 345 g/mol. The molecule has 1 amide bonds. The summed E-state index contributed by atoms with van der Waals surface area (Å²) in [6, 6.07) is 7.83. The third kappa shape index (κ3) is 4.71. The molecule has 6 heteroatoms. The molecule has 2 N–H and O–H groups in total. The van der Waals surface area contributed by atoms with E-state index < -0.39 is 10.8 Å². The molecule has 0 atom stereocenters. The minimum atomic E-state index is -0.657. The molecule has 0 unspecified atom stereocenters. The molecule has 1 aliphatic heterocycles. The number of anilines is 1. The molecule has 1 aliphatic rings. The van der Waals surface area contributed by atoms with Crippen molar-refractivity contribution in [3.8, 4) is 0 Å². The Morgan fingerprint density at radius 3 is 2.68 bits per heavy atom. The van der Waals surface area contributed by atoms with E-state index in [1.807, 2.05) is 24.3 Å². The van der Waals surface area contributed by atoms with Gasteiger partial charge in [0.1, 0.15) is 0 Å². The number of para-hydroxylation sites is 1. The molecule has 104 valence electrons. The summed E-state index contributed by atoms with van der Waals surface area (Å²) >= 11 is 3.39. The molecule has 0 bridgehead atoms. The molecule has 0 aliphatic carbocycles. The third-order valence-corrected chi connectivity index (χ3v) is 5.16. The average Bonchev–Trinajstić information content (AvgIpc) is 2.41. The molecule has 0 aromatic heterocycles. The highest BCUT2D eigenvalue weighted by Gasteiger charge is 2.18. The van der Waals surface area contributed by atoms with Gasteiger partial charge in [0.05, 0.1) is 12.2 Å². The fourth-order valence-electron chi connectivity index (χ4n) is 1.99. The normalized spacial score (nSPS) is 23.0. The first-order valence-corrected chi connectivity index (χ1v) is 8.56. The van der Waals surface area contributed by atoms with E-state index in [2.05, 4.69) is 26.6 Å². The molecule has 2 rings (SSSR count). The van der Waals surface area contributed by atoms with Gasteiger partial charge in [0.25, 0.3) is 0 Å². The Hall–Kier alpha value is -0.720. The summed E-state index contributed by atoms with van der Waals surface area (Å²) in [6.07, 6.45) is 1.77. The predicted octanol–water partition coefficient (Wildman–Crippen LogP) is 1.89. The van der Waals surface area contributed by atoms with Crippen LogP contribution in [0.4, 0.5) is 5.69 Å². The summed E-state index contributed by atoms with van der Waals surface area (Å²) in [5, 5.41) is 6.07. The largest absolute Gasteiger partial charge is 0.324 e. The lowest BCUT2D eigenvalue weighted by Gasteiger charge is -2.22. The summed E-state index contributed by atoms with van der Waals surface area (Å²) in [6.45, 7) is 0.290. The molecular formula is C13H17BrN2O2S. The minimum absolute atomic E-state index is 0.0569. The SMILES string of the molecule is O=C(CNC1CCS(=O)CC1)Nc1ccccc1Br. The molecule has 0 saturated carbocycles. The van der Waals surface area contributed by atoms with Crippen LogP contribution in [0.1, 0.15) is 12.8 Å². The van der Waals surface area contributed by atoms with Gasteiger partial charge in [0, 0.05) is 32.8 Å². The zero-order valence-corrected chi connectivity index (χ0v) is 12.9. The lowest BCUT2D eigenvalue weighted by Crippen LogP contribution is -2.40. The Kier molecular flexibility index (Phi) is 5.54. The highest BCUT2D eigenvalue weighted by atomic mass is 79.9. The van der Waals surface area contributed by atoms with Crippen LogP contribution in [0, 0.1) is 0 Å². The second kappa shape index (κ2) is 7.17. The Morgan fingerprint density at radius 1 is 1.32 bits per heavy atom. The maximum atomic E-state index is 11.8. The number of rotatable bonds is 4. The second-order valence-corrected chi connectivity index (χ2v) is 7.08. The summed E-state index contributed by atoms with van der Waals surface area (Å²) in [5.74, 6) is 1.42. The molecule has 4 nitrogen and oxygen atoms in total. The zero-order chi connectivity index (χ0) is 13.7. The number of hydrogen-bond donors (Lipinski definition) is 2. The Labute approximate surface area is 123 Å². The maximum absolute atomic E-state index is 11.8. The van der Waals surface area contributed by atoms with Gasteiger partial charge in [-0.3, -0.25) is 9.00 Å². The smallest absolute Gasteiger partial charge is 0.238 e. The highest BCUT2D eigenvalue weighted by molar-refractivity contribution is 9.10. The fraction of sp³-hybridized carbons (Fsp3) is 0.462. The van der Waals surface area contributed by atoms with Crippen molar-refractivity contribution in [1.29, 1.82) is 0 Å². The standard InChI is InChI=1S/C13H17BrN2O2S/c14-11-3-1-2-4-12(11)16-13(17)9-15-10-5-7-19(18)8-6-10/h1-4,10,15H,5-9H2,(H,16,17). The van der Waals surface area contributed by atoms with Crippen LogP contribution in [-0.4, -0.2) is 34.2 Å². The topological polar surface area (TPSA) is 58.2 Å². The van der Waals surface area contributed by atoms with Gasteiger partial charge in [-0.1, -0.05) is 12.1 Å². The first kappa shape index (κ1) is 14.7. The molecule has 0 spiro atoms. The van der Waals surface area contributed by atoms with E-state index in [0.717, 1.165) is 34.5 Å². The van der Waals surface area contributed by atoms with Gasteiger partial charge in [-0.25, -0.2) is 0 Å². The van der Waals surface area contributed by atoms with E-state index >= 15 is 0 Å². The molecule has 1 aromatic rings. The van der Waals surface area contributed by atoms with Crippen molar-refractivity contribution in [2.45, 2.75) is 18.9 Å². The van der Waals surface area contributed by atoms with Gasteiger partial charge in [-0.15, -0.1) is 0 Å². The number of halogens is 1. The van der Waals surface area contributed by atoms with E-state index in [1.165, 1.54) is 0 Å². The van der Waals surface area contributed by atoms with Crippen molar-refractivity contribution in [2.24, 2.45) is 0 Å². The van der Waals surface area contributed by atoms with Crippen molar-refractivity contribution in [2.75, 3.05) is 23.4 Å². The summed E-state index contributed by atoms with van der Waals surface area (Å²) < 4.78 is 12.1. The number of nitrogens with one attached hydrogen (secondary N) is 2. The van der Waals surface area contributed by atoms with Crippen LogP contribution in [0.2, 0.25) is 0 Å². The van der Waals surface area contributed by atoms with Gasteiger partial charge in [0.15, 0.2) is 0 Å². The zero-order valence-electron chi connectivity index (χ0n) is 10.5. The van der Waals surface area contributed by atoms with Gasteiger partial charge < -0.3 is 10.6 Å². The third-order valence-electron chi connectivity index (χ3n) is 3.09.